The summed E-state index contributed by atoms with van der Waals surface area (Å²) in [6.45, 7) is 6.14. The molecule has 0 bridgehead atoms. The Hall–Kier alpha value is -1.14. The highest BCUT2D eigenvalue weighted by Gasteiger charge is 2.34. The van der Waals surface area contributed by atoms with Crippen molar-refractivity contribution in [3.05, 3.63) is 66.5 Å². The topological polar surface area (TPSA) is 27.7 Å². The molecular weight excluding hydrogens is 560 g/mol. The van der Waals surface area contributed by atoms with Crippen LogP contribution in [0.4, 0.5) is 0 Å². The third-order valence-electron chi connectivity index (χ3n) is 4.91. The number of hydrogen-bond acceptors (Lipinski definition) is 3. The van der Waals surface area contributed by atoms with Gasteiger partial charge in [-0.05, 0) is 73.6 Å². The molecule has 0 saturated heterocycles. The van der Waals surface area contributed by atoms with Crippen LogP contribution in [-0.4, -0.2) is 26.5 Å². The molecule has 0 aromatic heterocycles. The fourth-order valence-corrected chi connectivity index (χ4v) is 5.47. The zero-order valence-electron chi connectivity index (χ0n) is 18.7. The summed E-state index contributed by atoms with van der Waals surface area (Å²) in [5.74, 6) is 1.36. The molecular formula is C24H21BCl6O3. The van der Waals surface area contributed by atoms with Crippen LogP contribution < -0.4 is 30.6 Å². The van der Waals surface area contributed by atoms with E-state index in [2.05, 4.69) is 0 Å². The summed E-state index contributed by atoms with van der Waals surface area (Å²) < 4.78 is 17.9. The molecule has 10 heteroatoms. The molecule has 0 N–H and O–H groups in total. The van der Waals surface area contributed by atoms with Crippen LogP contribution in [0.15, 0.2) is 36.4 Å². The summed E-state index contributed by atoms with van der Waals surface area (Å²) in [5.41, 5.74) is 1.95. The smallest absolute Gasteiger partial charge is 0.256 e. The van der Waals surface area contributed by atoms with Crippen molar-refractivity contribution in [1.82, 2.24) is 0 Å². The Bertz CT molecular complexity index is 1040. The standard InChI is InChI=1S/C24H21BCl6O3/c1-4-32-22-16(7-13(26)10-19(22)29)25(17-8-14(27)11-20(30)23(17)33-5-2)18-9-15(28)12-21(31)24(18)34-6-3/h7-12H,4-6H2,1-3H3. The number of halogens is 6. The molecule has 0 fully saturated rings. The Kier molecular flexibility index (Phi) is 9.86. The van der Waals surface area contributed by atoms with Gasteiger partial charge in [-0.25, -0.2) is 0 Å². The molecule has 0 aliphatic heterocycles. The lowest BCUT2D eigenvalue weighted by atomic mass is 9.36. The van der Waals surface area contributed by atoms with Gasteiger partial charge in [-0.15, -0.1) is 0 Å². The van der Waals surface area contributed by atoms with E-state index in [0.29, 0.717) is 83.6 Å². The minimum absolute atomic E-state index is 0.353. The molecule has 0 saturated carbocycles. The van der Waals surface area contributed by atoms with Crippen molar-refractivity contribution in [1.29, 1.82) is 0 Å². The second-order valence-electron chi connectivity index (χ2n) is 7.15. The SMILES string of the molecule is CCOc1c(Cl)cc(Cl)cc1B(c1cc(Cl)cc(Cl)c1OCC)c1cc(Cl)cc(Cl)c1OCC. The molecule has 3 aromatic carbocycles. The molecule has 0 amide bonds. The summed E-state index contributed by atoms with van der Waals surface area (Å²) in [4.78, 5) is 0. The average molecular weight is 581 g/mol. The zero-order valence-corrected chi connectivity index (χ0v) is 23.2. The first-order valence-electron chi connectivity index (χ1n) is 10.6. The van der Waals surface area contributed by atoms with Crippen molar-refractivity contribution in [2.75, 3.05) is 19.8 Å². The van der Waals surface area contributed by atoms with E-state index in [1.165, 1.54) is 0 Å². The van der Waals surface area contributed by atoms with Crippen molar-refractivity contribution in [3.63, 3.8) is 0 Å². The summed E-state index contributed by atoms with van der Waals surface area (Å²) in [6, 6.07) is 10.2. The van der Waals surface area contributed by atoms with Crippen LogP contribution in [0.1, 0.15) is 20.8 Å². The van der Waals surface area contributed by atoms with E-state index >= 15 is 0 Å². The minimum Gasteiger partial charge on any atom is -0.493 e. The summed E-state index contributed by atoms with van der Waals surface area (Å²) in [6.07, 6.45) is 0. The second kappa shape index (κ2) is 12.2. The van der Waals surface area contributed by atoms with Crippen molar-refractivity contribution in [3.8, 4) is 17.2 Å². The molecule has 180 valence electrons. The normalized spacial score (nSPS) is 10.9. The predicted octanol–water partition coefficient (Wildman–Crippen LogP) is 7.32. The van der Waals surface area contributed by atoms with Gasteiger partial charge in [0, 0.05) is 15.1 Å². The Morgan fingerprint density at radius 2 is 0.765 bits per heavy atom. The first kappa shape index (κ1) is 27.5. The summed E-state index contributed by atoms with van der Waals surface area (Å²) >= 11 is 39.1. The van der Waals surface area contributed by atoms with Crippen molar-refractivity contribution in [2.24, 2.45) is 0 Å². The van der Waals surface area contributed by atoms with E-state index in [0.717, 1.165) is 0 Å². The van der Waals surface area contributed by atoms with E-state index in [1.54, 1.807) is 36.4 Å². The molecule has 34 heavy (non-hydrogen) atoms. The van der Waals surface area contributed by atoms with Crippen molar-refractivity contribution in [2.45, 2.75) is 20.8 Å². The molecule has 0 aliphatic rings. The lowest BCUT2D eigenvalue weighted by Crippen LogP contribution is -2.53. The molecule has 0 aliphatic carbocycles. The average Bonchev–Trinajstić information content (AvgIpc) is 2.75. The van der Waals surface area contributed by atoms with Crippen LogP contribution in [-0.2, 0) is 0 Å². The van der Waals surface area contributed by atoms with E-state index in [4.69, 9.17) is 83.8 Å². The first-order chi connectivity index (χ1) is 16.2. The van der Waals surface area contributed by atoms with Crippen molar-refractivity contribution < 1.29 is 14.2 Å². The molecule has 3 nitrogen and oxygen atoms in total. The van der Waals surface area contributed by atoms with Gasteiger partial charge in [0.2, 0.25) is 0 Å². The third kappa shape index (κ3) is 5.98. The molecule has 3 rings (SSSR count). The fourth-order valence-electron chi connectivity index (χ4n) is 3.78. The quantitative estimate of drug-likeness (QED) is 0.248. The first-order valence-corrected chi connectivity index (χ1v) is 12.8. The number of hydrogen-bond donors (Lipinski definition) is 0. The molecule has 0 atom stereocenters. The second-order valence-corrected chi connectivity index (χ2v) is 9.68. The van der Waals surface area contributed by atoms with Crippen LogP contribution in [0.25, 0.3) is 0 Å². The van der Waals surface area contributed by atoms with Gasteiger partial charge in [0.05, 0.1) is 34.9 Å². The van der Waals surface area contributed by atoms with E-state index in [9.17, 15) is 0 Å². The van der Waals surface area contributed by atoms with Crippen LogP contribution in [0.2, 0.25) is 30.1 Å². The summed E-state index contributed by atoms with van der Waals surface area (Å²) in [5, 5.41) is 2.33. The van der Waals surface area contributed by atoms with Gasteiger partial charge >= 0.3 is 0 Å². The highest BCUT2D eigenvalue weighted by molar-refractivity contribution is 6.97. The Balaban J connectivity index is 2.50. The third-order valence-corrected chi connectivity index (χ3v) is 6.41. The highest BCUT2D eigenvalue weighted by Crippen LogP contribution is 2.33. The van der Waals surface area contributed by atoms with Gasteiger partial charge < -0.3 is 14.2 Å². The van der Waals surface area contributed by atoms with Crippen molar-refractivity contribution >= 4 is 92.7 Å². The molecule has 0 unspecified atom stereocenters. The van der Waals surface area contributed by atoms with E-state index in [1.807, 2.05) is 20.8 Å². The fraction of sp³-hybridized carbons (Fsp3) is 0.250. The largest absolute Gasteiger partial charge is 0.493 e. The Morgan fingerprint density at radius 1 is 0.500 bits per heavy atom. The van der Waals surface area contributed by atoms with Gasteiger partial charge in [-0.3, -0.25) is 0 Å². The lowest BCUT2D eigenvalue weighted by molar-refractivity contribution is 0.341. The van der Waals surface area contributed by atoms with Gasteiger partial charge in [-0.1, -0.05) is 69.6 Å². The number of rotatable bonds is 9. The van der Waals surface area contributed by atoms with E-state index < -0.39 is 6.71 Å². The predicted molar refractivity (Wildman–Crippen MR) is 148 cm³/mol. The van der Waals surface area contributed by atoms with Crippen LogP contribution in [0, 0.1) is 0 Å². The molecule has 0 heterocycles. The minimum atomic E-state index is -0.603. The number of benzene rings is 3. The van der Waals surface area contributed by atoms with E-state index in [-0.39, 0.29) is 0 Å². The Morgan fingerprint density at radius 3 is 1.00 bits per heavy atom. The molecule has 0 radical (unpaired) electrons. The Labute approximate surface area is 230 Å². The van der Waals surface area contributed by atoms with Gasteiger partial charge in [0.25, 0.3) is 6.71 Å². The lowest BCUT2D eigenvalue weighted by Gasteiger charge is -2.25. The highest BCUT2D eigenvalue weighted by atomic mass is 35.5. The zero-order chi connectivity index (χ0) is 25.0. The monoisotopic (exact) mass is 578 g/mol. The van der Waals surface area contributed by atoms with Gasteiger partial charge in [0.15, 0.2) is 0 Å². The maximum absolute atomic E-state index is 6.58. The maximum atomic E-state index is 6.58. The number of ether oxygens (including phenoxy) is 3. The summed E-state index contributed by atoms with van der Waals surface area (Å²) in [7, 11) is 0. The van der Waals surface area contributed by atoms with Crippen LogP contribution in [0.3, 0.4) is 0 Å². The van der Waals surface area contributed by atoms with Crippen LogP contribution in [0.5, 0.6) is 17.2 Å². The maximum Gasteiger partial charge on any atom is 0.256 e. The van der Waals surface area contributed by atoms with Gasteiger partial charge in [-0.2, -0.15) is 0 Å². The van der Waals surface area contributed by atoms with Crippen LogP contribution >= 0.6 is 69.6 Å². The molecule has 0 spiro atoms. The molecule has 3 aromatic rings. The van der Waals surface area contributed by atoms with Gasteiger partial charge in [0.1, 0.15) is 17.2 Å².